The first kappa shape index (κ1) is 20.2. The van der Waals surface area contributed by atoms with Gasteiger partial charge in [-0.1, -0.05) is 6.07 Å². The molecule has 2 aromatic heterocycles. The fraction of sp³-hybridized carbons (Fsp3) is 0.250. The third-order valence-corrected chi connectivity index (χ3v) is 6.78. The highest BCUT2D eigenvalue weighted by atomic mass is 32.2. The number of hydrogen-bond donors (Lipinski definition) is 1. The molecule has 0 saturated carbocycles. The molecular formula is C20H20FN5O3S. The minimum atomic E-state index is -3.99. The van der Waals surface area contributed by atoms with Gasteiger partial charge in [0.2, 0.25) is 10.0 Å². The lowest BCUT2D eigenvalue weighted by Crippen LogP contribution is -2.31. The smallest absolute Gasteiger partial charge is 0.247 e. The molecule has 30 heavy (non-hydrogen) atoms. The summed E-state index contributed by atoms with van der Waals surface area (Å²) in [6.07, 6.45) is 5.97. The normalized spacial score (nSPS) is 17.1. The Morgan fingerprint density at radius 3 is 2.83 bits per heavy atom. The van der Waals surface area contributed by atoms with Crippen LogP contribution in [0.5, 0.6) is 5.75 Å². The van der Waals surface area contributed by atoms with Crippen molar-refractivity contribution >= 4 is 21.7 Å². The lowest BCUT2D eigenvalue weighted by molar-refractivity contribution is 0.376. The summed E-state index contributed by atoms with van der Waals surface area (Å²) in [5, 5.41) is 3.06. The molecule has 4 rings (SSSR count). The van der Waals surface area contributed by atoms with Gasteiger partial charge in [-0.15, -0.1) is 0 Å². The van der Waals surface area contributed by atoms with Crippen molar-refractivity contribution < 1.29 is 17.5 Å². The number of halogens is 1. The van der Waals surface area contributed by atoms with Gasteiger partial charge in [0.1, 0.15) is 28.1 Å². The Morgan fingerprint density at radius 2 is 2.07 bits per heavy atom. The molecule has 0 bridgehead atoms. The maximum absolute atomic E-state index is 13.8. The zero-order valence-electron chi connectivity index (χ0n) is 16.2. The average Bonchev–Trinajstić information content (AvgIpc) is 3.26. The quantitative estimate of drug-likeness (QED) is 0.642. The zero-order chi connectivity index (χ0) is 21.1. The summed E-state index contributed by atoms with van der Waals surface area (Å²) in [7, 11) is -2.63. The molecule has 8 nitrogen and oxygen atoms in total. The van der Waals surface area contributed by atoms with E-state index in [9.17, 15) is 12.8 Å². The Bertz CT molecular complexity index is 1140. The van der Waals surface area contributed by atoms with Crippen LogP contribution in [0.1, 0.15) is 24.6 Å². The molecule has 1 atom stereocenters. The minimum Gasteiger partial charge on any atom is -0.495 e. The second-order valence-electron chi connectivity index (χ2n) is 6.73. The van der Waals surface area contributed by atoms with Gasteiger partial charge in [-0.3, -0.25) is 4.98 Å². The highest BCUT2D eigenvalue weighted by molar-refractivity contribution is 7.89. The molecule has 1 aliphatic heterocycles. The molecule has 0 radical (unpaired) electrons. The molecule has 0 amide bonds. The van der Waals surface area contributed by atoms with Gasteiger partial charge in [-0.25, -0.2) is 22.8 Å². The first-order chi connectivity index (χ1) is 14.5. The molecule has 0 unspecified atom stereocenters. The van der Waals surface area contributed by atoms with Crippen molar-refractivity contribution in [2.45, 2.75) is 23.8 Å². The average molecular weight is 429 g/mol. The number of hydrogen-bond acceptors (Lipinski definition) is 7. The zero-order valence-corrected chi connectivity index (χ0v) is 17.0. The van der Waals surface area contributed by atoms with Gasteiger partial charge in [0.05, 0.1) is 25.0 Å². The van der Waals surface area contributed by atoms with Gasteiger partial charge in [0.25, 0.3) is 0 Å². The number of aromatic nitrogens is 3. The summed E-state index contributed by atoms with van der Waals surface area (Å²) in [5.74, 6) is 0.523. The van der Waals surface area contributed by atoms with E-state index >= 15 is 0 Å². The molecule has 3 aromatic rings. The molecule has 10 heteroatoms. The van der Waals surface area contributed by atoms with Crippen LogP contribution >= 0.6 is 0 Å². The minimum absolute atomic E-state index is 0.105. The van der Waals surface area contributed by atoms with E-state index in [4.69, 9.17) is 4.74 Å². The molecule has 1 fully saturated rings. The van der Waals surface area contributed by atoms with Crippen molar-refractivity contribution in [2.24, 2.45) is 0 Å². The molecule has 1 N–H and O–H groups in total. The van der Waals surface area contributed by atoms with Crippen molar-refractivity contribution in [1.82, 2.24) is 19.3 Å². The molecule has 1 saturated heterocycles. The first-order valence-corrected chi connectivity index (χ1v) is 10.8. The van der Waals surface area contributed by atoms with Gasteiger partial charge in [-0.05, 0) is 43.2 Å². The van der Waals surface area contributed by atoms with Crippen molar-refractivity contribution in [3.05, 3.63) is 66.5 Å². The van der Waals surface area contributed by atoms with Gasteiger partial charge in [0.15, 0.2) is 0 Å². The Labute approximate surface area is 173 Å². The highest BCUT2D eigenvalue weighted by Gasteiger charge is 2.38. The Hall–Kier alpha value is -3.11. The van der Waals surface area contributed by atoms with Crippen LogP contribution in [0.4, 0.5) is 16.0 Å². The predicted molar refractivity (Wildman–Crippen MR) is 108 cm³/mol. The van der Waals surface area contributed by atoms with Gasteiger partial charge >= 0.3 is 0 Å². The van der Waals surface area contributed by atoms with E-state index in [0.717, 1.165) is 6.07 Å². The SMILES string of the molecule is COc1ccc(F)cc1S(=O)(=O)N1CCC[C@H]1c1cccc(Nc2cnccn2)n1. The van der Waals surface area contributed by atoms with E-state index in [1.807, 2.05) is 0 Å². The molecule has 1 aromatic carbocycles. The third kappa shape index (κ3) is 3.96. The molecule has 3 heterocycles. The van der Waals surface area contributed by atoms with Gasteiger partial charge in [-0.2, -0.15) is 4.31 Å². The molecule has 0 aliphatic carbocycles. The van der Waals surface area contributed by atoms with Crippen LogP contribution in [-0.4, -0.2) is 41.3 Å². The van der Waals surface area contributed by atoms with Crippen LogP contribution in [-0.2, 0) is 10.0 Å². The van der Waals surface area contributed by atoms with Crippen LogP contribution in [0.15, 0.2) is 59.9 Å². The first-order valence-electron chi connectivity index (χ1n) is 9.34. The molecule has 156 valence electrons. The van der Waals surface area contributed by atoms with Crippen LogP contribution < -0.4 is 10.1 Å². The Kier molecular flexibility index (Phi) is 5.60. The summed E-state index contributed by atoms with van der Waals surface area (Å²) < 4.78 is 47.0. The highest BCUT2D eigenvalue weighted by Crippen LogP contribution is 2.38. The predicted octanol–water partition coefficient (Wildman–Crippen LogP) is 3.29. The number of nitrogens with one attached hydrogen (secondary N) is 1. The fourth-order valence-corrected chi connectivity index (χ4v) is 5.34. The van der Waals surface area contributed by atoms with Gasteiger partial charge in [0, 0.05) is 18.9 Å². The second-order valence-corrected chi connectivity index (χ2v) is 8.59. The lowest BCUT2D eigenvalue weighted by Gasteiger charge is -2.25. The maximum atomic E-state index is 13.8. The third-order valence-electron chi connectivity index (χ3n) is 4.85. The number of ether oxygens (including phenoxy) is 1. The van der Waals surface area contributed by atoms with Crippen LogP contribution in [0.25, 0.3) is 0 Å². The Morgan fingerprint density at radius 1 is 1.20 bits per heavy atom. The van der Waals surface area contributed by atoms with E-state index < -0.39 is 21.9 Å². The van der Waals surface area contributed by atoms with Crippen molar-refractivity contribution in [3.8, 4) is 5.75 Å². The van der Waals surface area contributed by atoms with E-state index in [-0.39, 0.29) is 10.6 Å². The molecular weight excluding hydrogens is 409 g/mol. The van der Waals surface area contributed by atoms with E-state index in [0.29, 0.717) is 36.7 Å². The van der Waals surface area contributed by atoms with Gasteiger partial charge < -0.3 is 10.1 Å². The van der Waals surface area contributed by atoms with Crippen molar-refractivity contribution in [2.75, 3.05) is 19.0 Å². The van der Waals surface area contributed by atoms with Crippen LogP contribution in [0, 0.1) is 5.82 Å². The second kappa shape index (κ2) is 8.33. The summed E-state index contributed by atoms with van der Waals surface area (Å²) in [4.78, 5) is 12.5. The lowest BCUT2D eigenvalue weighted by atomic mass is 10.1. The monoisotopic (exact) mass is 429 g/mol. The fourth-order valence-electron chi connectivity index (χ4n) is 3.50. The van der Waals surface area contributed by atoms with Crippen LogP contribution in [0.3, 0.4) is 0 Å². The summed E-state index contributed by atoms with van der Waals surface area (Å²) in [6, 6.07) is 8.35. The van der Waals surface area contributed by atoms with Crippen molar-refractivity contribution in [3.63, 3.8) is 0 Å². The number of nitrogens with zero attached hydrogens (tertiary/aromatic N) is 4. The number of pyridine rings is 1. The van der Waals surface area contributed by atoms with E-state index in [1.54, 1.807) is 36.8 Å². The number of benzene rings is 1. The van der Waals surface area contributed by atoms with E-state index in [2.05, 4.69) is 20.3 Å². The van der Waals surface area contributed by atoms with Crippen molar-refractivity contribution in [1.29, 1.82) is 0 Å². The number of anilines is 2. The van der Waals surface area contributed by atoms with E-state index in [1.165, 1.54) is 23.5 Å². The Balaban J connectivity index is 1.66. The summed E-state index contributed by atoms with van der Waals surface area (Å²) in [6.45, 7) is 0.316. The summed E-state index contributed by atoms with van der Waals surface area (Å²) in [5.41, 5.74) is 0.598. The maximum Gasteiger partial charge on any atom is 0.247 e. The standard InChI is InChI=1S/C20H20FN5O3S/c1-29-17-8-7-14(21)12-18(17)30(27,28)26-11-3-5-16(26)15-4-2-6-19(24-15)25-20-13-22-9-10-23-20/h2,4,6-10,12-13,16H,3,5,11H2,1H3,(H,23,24,25)/t16-/m0/s1. The number of sulfonamides is 1. The van der Waals surface area contributed by atoms with Crippen LogP contribution in [0.2, 0.25) is 0 Å². The summed E-state index contributed by atoms with van der Waals surface area (Å²) >= 11 is 0. The number of rotatable bonds is 6. The molecule has 0 spiro atoms. The number of methoxy groups -OCH3 is 1. The topological polar surface area (TPSA) is 97.3 Å². The molecule has 1 aliphatic rings. The largest absolute Gasteiger partial charge is 0.495 e.